The van der Waals surface area contributed by atoms with Crippen LogP contribution < -0.4 is 0 Å². The molecule has 1 aliphatic rings. The summed E-state index contributed by atoms with van der Waals surface area (Å²) in [7, 11) is -3.64. The molecule has 25 heavy (non-hydrogen) atoms. The first-order valence-electron chi connectivity index (χ1n) is 8.25. The number of aryl methyl sites for hydroxylation is 1. The lowest BCUT2D eigenvalue weighted by Gasteiger charge is -2.26. The van der Waals surface area contributed by atoms with Crippen molar-refractivity contribution in [3.8, 4) is 0 Å². The standard InChI is InChI=1S/C20H23NO3S/c1-15-9-11-18(12-10-15)25(23,24)21-13-19(20(3,22)14-21)16(2)17-7-5-4-6-8-17/h4-12,19,22H,2,13-14H2,1,3H3/t19-,20-/m0/s1. The van der Waals surface area contributed by atoms with Gasteiger partial charge in [-0.15, -0.1) is 0 Å². The average molecular weight is 357 g/mol. The second-order valence-electron chi connectivity index (χ2n) is 6.91. The van der Waals surface area contributed by atoms with Gasteiger partial charge in [-0.25, -0.2) is 8.42 Å². The Morgan fingerprint density at radius 3 is 2.36 bits per heavy atom. The summed E-state index contributed by atoms with van der Waals surface area (Å²) in [5.74, 6) is -0.352. The molecule has 0 saturated carbocycles. The van der Waals surface area contributed by atoms with Gasteiger partial charge in [0.15, 0.2) is 0 Å². The first-order chi connectivity index (χ1) is 11.7. The molecule has 0 unspecified atom stereocenters. The van der Waals surface area contributed by atoms with Gasteiger partial charge in [0.2, 0.25) is 10.0 Å². The van der Waals surface area contributed by atoms with Crippen LogP contribution >= 0.6 is 0 Å². The van der Waals surface area contributed by atoms with Crippen LogP contribution in [0, 0.1) is 12.8 Å². The molecule has 2 atom stereocenters. The van der Waals surface area contributed by atoms with E-state index in [1.165, 1.54) is 4.31 Å². The molecule has 1 saturated heterocycles. The van der Waals surface area contributed by atoms with Crippen molar-refractivity contribution < 1.29 is 13.5 Å². The Morgan fingerprint density at radius 1 is 1.16 bits per heavy atom. The van der Waals surface area contributed by atoms with E-state index < -0.39 is 15.6 Å². The molecule has 3 rings (SSSR count). The SMILES string of the molecule is C=C(c1ccccc1)[C@@H]1CN(S(=O)(=O)c2ccc(C)cc2)C[C@]1(C)O. The zero-order chi connectivity index (χ0) is 18.2. The Kier molecular flexibility index (Phi) is 4.58. The van der Waals surface area contributed by atoms with Crippen LogP contribution in [-0.4, -0.2) is 36.5 Å². The van der Waals surface area contributed by atoms with Gasteiger partial charge in [0.1, 0.15) is 0 Å². The van der Waals surface area contributed by atoms with Crippen LogP contribution in [0.4, 0.5) is 0 Å². The average Bonchev–Trinajstić information content (AvgIpc) is 2.91. The van der Waals surface area contributed by atoms with Crippen molar-refractivity contribution in [3.05, 3.63) is 72.3 Å². The maximum absolute atomic E-state index is 12.9. The molecule has 0 radical (unpaired) electrons. The van der Waals surface area contributed by atoms with E-state index in [0.717, 1.165) is 16.7 Å². The van der Waals surface area contributed by atoms with E-state index in [4.69, 9.17) is 0 Å². The molecular weight excluding hydrogens is 334 g/mol. The molecule has 1 aliphatic heterocycles. The second kappa shape index (κ2) is 6.41. The van der Waals surface area contributed by atoms with Gasteiger partial charge in [-0.1, -0.05) is 54.6 Å². The molecule has 2 aromatic rings. The van der Waals surface area contributed by atoms with Gasteiger partial charge in [-0.2, -0.15) is 4.31 Å². The Balaban J connectivity index is 1.89. The lowest BCUT2D eigenvalue weighted by molar-refractivity contribution is 0.0533. The summed E-state index contributed by atoms with van der Waals surface area (Å²) in [6, 6.07) is 16.4. The minimum atomic E-state index is -3.64. The molecule has 1 heterocycles. The molecule has 0 aromatic heterocycles. The van der Waals surface area contributed by atoms with E-state index in [2.05, 4.69) is 6.58 Å². The zero-order valence-electron chi connectivity index (χ0n) is 14.5. The van der Waals surface area contributed by atoms with Crippen molar-refractivity contribution in [3.63, 3.8) is 0 Å². The molecule has 0 aliphatic carbocycles. The molecule has 1 fully saturated rings. The predicted molar refractivity (Wildman–Crippen MR) is 99.5 cm³/mol. The van der Waals surface area contributed by atoms with Crippen LogP contribution in [-0.2, 0) is 10.0 Å². The van der Waals surface area contributed by atoms with E-state index in [1.807, 2.05) is 37.3 Å². The molecule has 2 aromatic carbocycles. The van der Waals surface area contributed by atoms with Gasteiger partial charge in [0.25, 0.3) is 0 Å². The highest BCUT2D eigenvalue weighted by Crippen LogP contribution is 2.39. The van der Waals surface area contributed by atoms with E-state index >= 15 is 0 Å². The summed E-state index contributed by atoms with van der Waals surface area (Å²) in [5.41, 5.74) is 1.52. The molecule has 5 heteroatoms. The number of β-amino-alcohol motifs (C(OH)–C–C–N with tert-alkyl or cyclic N) is 1. The highest BCUT2D eigenvalue weighted by atomic mass is 32.2. The second-order valence-corrected chi connectivity index (χ2v) is 8.85. The quantitative estimate of drug-likeness (QED) is 0.915. The minimum Gasteiger partial charge on any atom is -0.388 e. The summed E-state index contributed by atoms with van der Waals surface area (Å²) in [6.07, 6.45) is 0. The summed E-state index contributed by atoms with van der Waals surface area (Å²) in [6.45, 7) is 7.99. The maximum atomic E-state index is 12.9. The fraction of sp³-hybridized carbons (Fsp3) is 0.300. The van der Waals surface area contributed by atoms with Crippen molar-refractivity contribution >= 4 is 15.6 Å². The summed E-state index contributed by atoms with van der Waals surface area (Å²) >= 11 is 0. The molecule has 0 bridgehead atoms. The van der Waals surface area contributed by atoms with Crippen LogP contribution in [0.15, 0.2) is 66.1 Å². The first-order valence-corrected chi connectivity index (χ1v) is 9.69. The normalized spacial score (nSPS) is 24.4. The number of hydrogen-bond acceptors (Lipinski definition) is 3. The molecule has 4 nitrogen and oxygen atoms in total. The van der Waals surface area contributed by atoms with E-state index in [9.17, 15) is 13.5 Å². The fourth-order valence-corrected chi connectivity index (χ4v) is 4.87. The summed E-state index contributed by atoms with van der Waals surface area (Å²) in [5, 5.41) is 10.8. The Morgan fingerprint density at radius 2 is 1.76 bits per heavy atom. The summed E-state index contributed by atoms with van der Waals surface area (Å²) in [4.78, 5) is 0.250. The van der Waals surface area contributed by atoms with Crippen molar-refractivity contribution in [1.82, 2.24) is 4.31 Å². The highest BCUT2D eigenvalue weighted by molar-refractivity contribution is 7.89. The number of sulfonamides is 1. The molecule has 1 N–H and O–H groups in total. The maximum Gasteiger partial charge on any atom is 0.243 e. The van der Waals surface area contributed by atoms with Crippen LogP contribution in [0.2, 0.25) is 0 Å². The topological polar surface area (TPSA) is 57.6 Å². The van der Waals surface area contributed by atoms with Crippen molar-refractivity contribution in [2.45, 2.75) is 24.3 Å². The van der Waals surface area contributed by atoms with E-state index in [0.29, 0.717) is 0 Å². The van der Waals surface area contributed by atoms with Crippen LogP contribution in [0.1, 0.15) is 18.1 Å². The third kappa shape index (κ3) is 3.40. The Hall–Kier alpha value is -1.95. The lowest BCUT2D eigenvalue weighted by atomic mass is 9.83. The molecule has 0 amide bonds. The van der Waals surface area contributed by atoms with Crippen molar-refractivity contribution in [2.24, 2.45) is 5.92 Å². The van der Waals surface area contributed by atoms with Gasteiger partial charge >= 0.3 is 0 Å². The smallest absolute Gasteiger partial charge is 0.243 e. The number of benzene rings is 2. The van der Waals surface area contributed by atoms with Gasteiger partial charge < -0.3 is 5.11 Å². The fourth-order valence-electron chi connectivity index (χ4n) is 3.31. The zero-order valence-corrected chi connectivity index (χ0v) is 15.3. The predicted octanol–water partition coefficient (Wildman–Crippen LogP) is 3.08. The van der Waals surface area contributed by atoms with E-state index in [-0.39, 0.29) is 23.9 Å². The van der Waals surface area contributed by atoms with Gasteiger partial charge in [0, 0.05) is 19.0 Å². The van der Waals surface area contributed by atoms with Gasteiger partial charge in [0.05, 0.1) is 10.5 Å². The molecule has 0 spiro atoms. The minimum absolute atomic E-state index is 0.0553. The van der Waals surface area contributed by atoms with Crippen LogP contribution in [0.3, 0.4) is 0 Å². The number of rotatable bonds is 4. The number of hydrogen-bond donors (Lipinski definition) is 1. The van der Waals surface area contributed by atoms with Gasteiger partial charge in [-0.3, -0.25) is 0 Å². The Bertz CT molecular complexity index is 871. The third-order valence-corrected chi connectivity index (χ3v) is 6.68. The number of aliphatic hydroxyl groups is 1. The van der Waals surface area contributed by atoms with Crippen molar-refractivity contribution in [2.75, 3.05) is 13.1 Å². The molecule has 132 valence electrons. The summed E-state index contributed by atoms with van der Waals surface area (Å²) < 4.78 is 27.2. The monoisotopic (exact) mass is 357 g/mol. The number of nitrogens with zero attached hydrogens (tertiary/aromatic N) is 1. The highest BCUT2D eigenvalue weighted by Gasteiger charge is 2.47. The Labute approximate surface area is 149 Å². The van der Waals surface area contributed by atoms with Crippen LogP contribution in [0.5, 0.6) is 0 Å². The third-order valence-electron chi connectivity index (χ3n) is 4.86. The van der Waals surface area contributed by atoms with Gasteiger partial charge in [-0.05, 0) is 37.1 Å². The van der Waals surface area contributed by atoms with Crippen LogP contribution in [0.25, 0.3) is 5.57 Å². The van der Waals surface area contributed by atoms with E-state index in [1.54, 1.807) is 31.2 Å². The lowest BCUT2D eigenvalue weighted by Crippen LogP contribution is -2.36. The first kappa shape index (κ1) is 17.9. The largest absolute Gasteiger partial charge is 0.388 e. The molecular formula is C20H23NO3S. The van der Waals surface area contributed by atoms with Crippen molar-refractivity contribution in [1.29, 1.82) is 0 Å².